The number of para-hydroxylation sites is 1. The summed E-state index contributed by atoms with van der Waals surface area (Å²) in [4.78, 5) is 12.1. The van der Waals surface area contributed by atoms with Crippen molar-refractivity contribution in [2.75, 3.05) is 93.2 Å². The van der Waals surface area contributed by atoms with E-state index in [1.165, 1.54) is 43.5 Å². The van der Waals surface area contributed by atoms with Gasteiger partial charge >= 0.3 is 18.5 Å². The predicted octanol–water partition coefficient (Wildman–Crippen LogP) is 12.5. The summed E-state index contributed by atoms with van der Waals surface area (Å²) < 4.78 is 171. The van der Waals surface area contributed by atoms with E-state index >= 15 is 0 Å². The maximum absolute atomic E-state index is 14.0. The summed E-state index contributed by atoms with van der Waals surface area (Å²) in [6.07, 6.45) is 0.0575. The zero-order valence-corrected chi connectivity index (χ0v) is 50.8. The smallest absolute Gasteiger partial charge is 0.369 e. The highest BCUT2D eigenvalue weighted by atomic mass is 19.4. The fourth-order valence-electron chi connectivity index (χ4n) is 12.8. The van der Waals surface area contributed by atoms with Gasteiger partial charge in [0.1, 0.15) is 51.6 Å². The topological polar surface area (TPSA) is 110 Å². The second-order valence-corrected chi connectivity index (χ2v) is 25.2. The number of alkyl halides is 9. The Bertz CT molecular complexity index is 4050. The number of rotatable bonds is 15. The standard InChI is InChI=1S/3C22H23F4N5/c23-17-3-5-18(6-4-17)30-11-9-29(10-12-30)14-16-7-8-31-19(13-15-1-2-15)27-28-21(31)20(16)22(24,25)26;23-17-2-1-3-18(13-17)30-10-8-29(9-11-30)14-16-6-7-31-19(12-15-4-5-15)27-28-21(31)20(16)22(24,25)26;23-17-3-1-2-4-18(17)30-11-9-29(10-12-30)14-16-7-8-31-19(13-15-5-6-15)27-28-21(31)20(16)22(24,25)26/h3-8,15H,1-2,9-14H2;1-3,6-7,13,15H,4-5,8-12,14H2;1-4,7-8,15H,5-6,9-14H2/i3*23-1. The molecule has 3 aliphatic heterocycles. The van der Waals surface area contributed by atoms with E-state index in [2.05, 4.69) is 40.4 Å². The summed E-state index contributed by atoms with van der Waals surface area (Å²) >= 11 is 0. The molecule has 0 spiro atoms. The first-order chi connectivity index (χ1) is 44.7. The van der Waals surface area contributed by atoms with Gasteiger partial charge in [0.2, 0.25) is 0 Å². The summed E-state index contributed by atoms with van der Waals surface area (Å²) in [6, 6.07) is 23.9. The lowest BCUT2D eigenvalue weighted by Gasteiger charge is -2.36. The number of piperazine rings is 3. The molecular weight excluding hydrogens is 1230 g/mol. The van der Waals surface area contributed by atoms with Crippen molar-refractivity contribution >= 4 is 34.0 Å². The number of fused-ring (bicyclic) bond motifs is 3. The summed E-state index contributed by atoms with van der Waals surface area (Å²) in [7, 11) is 0. The van der Waals surface area contributed by atoms with Crippen molar-refractivity contribution in [3.05, 3.63) is 178 Å². The number of nitrogens with zero attached hydrogens (tertiary/aromatic N) is 15. The quantitative estimate of drug-likeness (QED) is 0.0912. The van der Waals surface area contributed by atoms with Crippen molar-refractivity contribution in [2.45, 2.75) is 96.0 Å². The highest BCUT2D eigenvalue weighted by Crippen LogP contribution is 2.41. The minimum absolute atomic E-state index is 0.106. The molecule has 93 heavy (non-hydrogen) atoms. The molecule has 9 aromatic rings. The molecule has 0 bridgehead atoms. The minimum Gasteiger partial charge on any atom is -0.369 e. The first kappa shape index (κ1) is 63.7. The lowest BCUT2D eigenvalue weighted by atomic mass is 10.1. The Kier molecular flexibility index (Phi) is 18.1. The van der Waals surface area contributed by atoms with E-state index in [-0.39, 0.29) is 70.7 Å². The van der Waals surface area contributed by atoms with E-state index in [4.69, 9.17) is 0 Å². The van der Waals surface area contributed by atoms with Gasteiger partial charge in [-0.3, -0.25) is 27.9 Å². The molecular formula is C66H69F12N15. The van der Waals surface area contributed by atoms with Crippen LogP contribution in [0.1, 0.15) is 89.4 Å². The molecule has 0 amide bonds. The largest absolute Gasteiger partial charge is 0.420 e. The van der Waals surface area contributed by atoms with E-state index in [1.807, 2.05) is 25.7 Å². The van der Waals surface area contributed by atoms with E-state index in [1.54, 1.807) is 73.2 Å². The average Bonchev–Trinajstić information content (AvgIpc) is 1.69. The number of aromatic nitrogens is 9. The molecule has 0 N–H and O–H groups in total. The van der Waals surface area contributed by atoms with Crippen LogP contribution >= 0.6 is 0 Å². The molecule has 15 rings (SSSR count). The second kappa shape index (κ2) is 26.4. The van der Waals surface area contributed by atoms with Crippen LogP contribution < -0.4 is 14.7 Å². The van der Waals surface area contributed by atoms with E-state index in [9.17, 15) is 52.7 Å². The molecule has 3 saturated heterocycles. The first-order valence-electron chi connectivity index (χ1n) is 31.6. The van der Waals surface area contributed by atoms with Gasteiger partial charge in [-0.2, -0.15) is 39.5 Å². The Hall–Kier alpha value is -8.04. The number of halogens is 12. The number of anilines is 3. The van der Waals surface area contributed by atoms with Crippen molar-refractivity contribution in [1.29, 1.82) is 0 Å². The molecule has 6 aromatic heterocycles. The lowest BCUT2D eigenvalue weighted by molar-refractivity contribution is -0.138. The average molecular weight is 1300 g/mol. The molecule has 27 heteroatoms. The van der Waals surface area contributed by atoms with Gasteiger partial charge in [-0.05, 0) is 146 Å². The third kappa shape index (κ3) is 15.0. The maximum Gasteiger partial charge on any atom is 0.420 e. The molecule has 0 unspecified atom stereocenters. The molecule has 492 valence electrons. The van der Waals surface area contributed by atoms with Crippen LogP contribution in [0.15, 0.2) is 110 Å². The van der Waals surface area contributed by atoms with Gasteiger partial charge in [-0.25, -0.2) is 13.2 Å². The van der Waals surface area contributed by atoms with Gasteiger partial charge in [0.15, 0.2) is 16.9 Å². The third-order valence-electron chi connectivity index (χ3n) is 18.4. The summed E-state index contributed by atoms with van der Waals surface area (Å²) in [5.74, 6) is 2.45. The van der Waals surface area contributed by atoms with Crippen LogP contribution in [0.4, 0.5) is 69.7 Å². The Labute approximate surface area is 528 Å². The van der Waals surface area contributed by atoms with Gasteiger partial charge in [0.05, 0.1) is 5.69 Å². The van der Waals surface area contributed by atoms with Gasteiger partial charge < -0.3 is 14.7 Å². The van der Waals surface area contributed by atoms with Crippen LogP contribution in [0, 0.1) is 35.2 Å². The normalized spacial score (nSPS) is 18.1. The second-order valence-electron chi connectivity index (χ2n) is 25.2. The van der Waals surface area contributed by atoms with E-state index < -0.39 is 35.2 Å². The summed E-state index contributed by atoms with van der Waals surface area (Å²) in [5.41, 5.74) is 0.453. The molecule has 0 radical (unpaired) electrons. The van der Waals surface area contributed by atoms with Crippen LogP contribution in [-0.2, 0) is 57.4 Å². The van der Waals surface area contributed by atoms with Crippen molar-refractivity contribution in [2.24, 2.45) is 17.8 Å². The Morgan fingerprint density at radius 3 is 1.08 bits per heavy atom. The number of pyridine rings is 3. The molecule has 9 heterocycles. The van der Waals surface area contributed by atoms with Crippen molar-refractivity contribution < 1.29 is 52.7 Å². The van der Waals surface area contributed by atoms with Gasteiger partial charge in [0.25, 0.3) is 0 Å². The summed E-state index contributed by atoms with van der Waals surface area (Å²) in [5, 5.41) is 23.9. The van der Waals surface area contributed by atoms with Gasteiger partial charge in [-0.1, -0.05) is 18.2 Å². The van der Waals surface area contributed by atoms with Crippen LogP contribution in [-0.4, -0.2) is 137 Å². The Morgan fingerprint density at radius 1 is 0.355 bits per heavy atom. The number of hydrogen-bond acceptors (Lipinski definition) is 12. The first-order valence-corrected chi connectivity index (χ1v) is 31.6. The minimum atomic E-state index is -4.52. The zero-order valence-electron chi connectivity index (χ0n) is 50.8. The fraction of sp³-hybridized carbons (Fsp3) is 0.455. The van der Waals surface area contributed by atoms with Crippen molar-refractivity contribution in [1.82, 2.24) is 58.5 Å². The van der Waals surface area contributed by atoms with Crippen molar-refractivity contribution in [3.8, 4) is 0 Å². The van der Waals surface area contributed by atoms with Crippen LogP contribution in [0.25, 0.3) is 16.9 Å². The Morgan fingerprint density at radius 2 is 0.720 bits per heavy atom. The van der Waals surface area contributed by atoms with Crippen LogP contribution in [0.2, 0.25) is 0 Å². The zero-order chi connectivity index (χ0) is 64.8. The molecule has 3 aliphatic carbocycles. The van der Waals surface area contributed by atoms with E-state index in [0.29, 0.717) is 139 Å². The van der Waals surface area contributed by atoms with Crippen LogP contribution in [0.5, 0.6) is 0 Å². The van der Waals surface area contributed by atoms with Crippen molar-refractivity contribution in [3.63, 3.8) is 0 Å². The summed E-state index contributed by atoms with van der Waals surface area (Å²) in [6.45, 7) is 7.82. The number of benzene rings is 3. The van der Waals surface area contributed by atoms with Crippen LogP contribution in [0.3, 0.4) is 0 Å². The molecule has 15 nitrogen and oxygen atoms in total. The van der Waals surface area contributed by atoms with Gasteiger partial charge in [0, 0.05) is 147 Å². The maximum atomic E-state index is 14.0. The molecule has 3 aromatic carbocycles. The number of hydrogen-bond donors (Lipinski definition) is 0. The molecule has 0 atom stereocenters. The predicted molar refractivity (Wildman–Crippen MR) is 325 cm³/mol. The Balaban J connectivity index is 0.000000127. The molecule has 6 fully saturated rings. The lowest BCUT2D eigenvalue weighted by Crippen LogP contribution is -2.46. The highest BCUT2D eigenvalue weighted by molar-refractivity contribution is 5.57. The highest BCUT2D eigenvalue weighted by Gasteiger charge is 2.42. The monoisotopic (exact) mass is 1300 g/mol. The van der Waals surface area contributed by atoms with E-state index in [0.717, 1.165) is 49.9 Å². The molecule has 3 saturated carbocycles. The molecule has 6 aliphatic rings. The third-order valence-corrected chi connectivity index (χ3v) is 18.4. The van der Waals surface area contributed by atoms with Gasteiger partial charge in [-0.15, -0.1) is 30.6 Å². The fourth-order valence-corrected chi connectivity index (χ4v) is 12.8. The SMILES string of the molecule is FC(F)(F)c1c(CN2CCN(c3ccc([18F])cc3)CC2)ccn2c(CC3CC3)nnc12.FC(F)(F)c1c(CN2CCN(c3cccc([18F])c3)CC2)ccn2c(CC3CC3)nnc12.FC(F)(F)c1c(CN2CCN(c3ccccc3[18F])CC2)ccn2c(CC3CC3)nnc12.